The summed E-state index contributed by atoms with van der Waals surface area (Å²) < 4.78 is 15.3. The lowest BCUT2D eigenvalue weighted by Crippen LogP contribution is -2.53. The highest BCUT2D eigenvalue weighted by Crippen LogP contribution is 2.53. The lowest BCUT2D eigenvalue weighted by atomic mass is 9.59. The zero-order valence-electron chi connectivity index (χ0n) is 14.6. The van der Waals surface area contributed by atoms with Crippen molar-refractivity contribution in [3.63, 3.8) is 0 Å². The van der Waals surface area contributed by atoms with Crippen LogP contribution in [0, 0.1) is 5.41 Å². The minimum absolute atomic E-state index is 0.115. The SMILES string of the molecule is CCOC(=O)C1=CC(C(=O)OCC)(C(=O)OCC)C1c1ccccc1. The van der Waals surface area contributed by atoms with Gasteiger partial charge in [0.25, 0.3) is 0 Å². The molecule has 0 N–H and O–H groups in total. The van der Waals surface area contributed by atoms with Gasteiger partial charge < -0.3 is 14.2 Å². The first-order valence-electron chi connectivity index (χ1n) is 8.32. The van der Waals surface area contributed by atoms with Gasteiger partial charge in [-0.3, -0.25) is 9.59 Å². The molecule has 0 aliphatic heterocycles. The molecular weight excluding hydrogens is 324 g/mol. The van der Waals surface area contributed by atoms with Crippen LogP contribution < -0.4 is 0 Å². The van der Waals surface area contributed by atoms with E-state index in [2.05, 4.69) is 0 Å². The summed E-state index contributed by atoms with van der Waals surface area (Å²) in [6.07, 6.45) is 1.32. The molecule has 0 fully saturated rings. The van der Waals surface area contributed by atoms with E-state index >= 15 is 0 Å². The topological polar surface area (TPSA) is 78.9 Å². The third-order valence-corrected chi connectivity index (χ3v) is 4.02. The maximum atomic E-state index is 12.7. The monoisotopic (exact) mass is 346 g/mol. The highest BCUT2D eigenvalue weighted by Gasteiger charge is 2.63. The predicted octanol–water partition coefficient (Wildman–Crippen LogP) is 2.39. The molecule has 0 saturated heterocycles. The molecule has 2 rings (SSSR count). The Balaban J connectivity index is 2.56. The molecule has 1 atom stereocenters. The van der Waals surface area contributed by atoms with Gasteiger partial charge in [-0.1, -0.05) is 30.3 Å². The van der Waals surface area contributed by atoms with E-state index in [1.807, 2.05) is 6.07 Å². The van der Waals surface area contributed by atoms with Crippen molar-refractivity contribution in [1.29, 1.82) is 0 Å². The second kappa shape index (κ2) is 7.96. The summed E-state index contributed by atoms with van der Waals surface area (Å²) in [5.41, 5.74) is -0.765. The summed E-state index contributed by atoms with van der Waals surface area (Å²) in [6.45, 7) is 5.43. The predicted molar refractivity (Wildman–Crippen MR) is 89.6 cm³/mol. The lowest BCUT2D eigenvalue weighted by molar-refractivity contribution is -0.171. The highest BCUT2D eigenvalue weighted by molar-refractivity contribution is 6.11. The lowest BCUT2D eigenvalue weighted by Gasteiger charge is -2.42. The fourth-order valence-corrected chi connectivity index (χ4v) is 2.98. The molecule has 1 unspecified atom stereocenters. The van der Waals surface area contributed by atoms with Crippen LogP contribution in [0.25, 0.3) is 0 Å². The number of ether oxygens (including phenoxy) is 3. The van der Waals surface area contributed by atoms with Crippen molar-refractivity contribution in [2.75, 3.05) is 19.8 Å². The average molecular weight is 346 g/mol. The zero-order valence-corrected chi connectivity index (χ0v) is 14.6. The van der Waals surface area contributed by atoms with E-state index in [1.165, 1.54) is 6.08 Å². The van der Waals surface area contributed by atoms with E-state index < -0.39 is 29.2 Å². The second-order valence-electron chi connectivity index (χ2n) is 5.47. The number of esters is 3. The van der Waals surface area contributed by atoms with Crippen molar-refractivity contribution < 1.29 is 28.6 Å². The molecule has 1 aromatic carbocycles. The fraction of sp³-hybridized carbons (Fsp3) is 0.421. The number of carbonyl (C=O) groups is 3. The van der Waals surface area contributed by atoms with E-state index in [1.54, 1.807) is 45.0 Å². The molecule has 134 valence electrons. The average Bonchev–Trinajstić information content (AvgIpc) is 2.56. The Hall–Kier alpha value is -2.63. The van der Waals surface area contributed by atoms with Crippen molar-refractivity contribution in [2.45, 2.75) is 26.7 Å². The van der Waals surface area contributed by atoms with Crippen LogP contribution in [0.15, 0.2) is 42.0 Å². The molecular formula is C19H22O6. The molecule has 1 aromatic rings. The smallest absolute Gasteiger partial charge is 0.334 e. The summed E-state index contributed by atoms with van der Waals surface area (Å²) in [5.74, 6) is -2.81. The van der Waals surface area contributed by atoms with E-state index in [4.69, 9.17) is 14.2 Å². The molecule has 1 aliphatic carbocycles. The number of hydrogen-bond acceptors (Lipinski definition) is 6. The molecule has 0 radical (unpaired) electrons. The van der Waals surface area contributed by atoms with Gasteiger partial charge in [-0.15, -0.1) is 0 Å². The number of rotatable bonds is 7. The van der Waals surface area contributed by atoms with Gasteiger partial charge in [0.15, 0.2) is 5.41 Å². The van der Waals surface area contributed by atoms with Crippen LogP contribution >= 0.6 is 0 Å². The van der Waals surface area contributed by atoms with Crippen LogP contribution in [0.3, 0.4) is 0 Å². The third-order valence-electron chi connectivity index (χ3n) is 4.02. The second-order valence-corrected chi connectivity index (χ2v) is 5.47. The van der Waals surface area contributed by atoms with E-state index in [0.29, 0.717) is 5.56 Å². The van der Waals surface area contributed by atoms with Gasteiger partial charge in [-0.05, 0) is 32.4 Å². The van der Waals surface area contributed by atoms with Crippen LogP contribution in [0.5, 0.6) is 0 Å². The van der Waals surface area contributed by atoms with Gasteiger partial charge >= 0.3 is 17.9 Å². The van der Waals surface area contributed by atoms with Crippen molar-refractivity contribution in [3.05, 3.63) is 47.5 Å². The maximum Gasteiger partial charge on any atom is 0.334 e. The molecule has 0 amide bonds. The molecule has 0 spiro atoms. The minimum Gasteiger partial charge on any atom is -0.465 e. The van der Waals surface area contributed by atoms with Crippen LogP contribution in [0.1, 0.15) is 32.3 Å². The Bertz CT molecular complexity index is 658. The van der Waals surface area contributed by atoms with Crippen molar-refractivity contribution in [2.24, 2.45) is 5.41 Å². The Kier molecular flexibility index (Phi) is 5.96. The fourth-order valence-electron chi connectivity index (χ4n) is 2.98. The zero-order chi connectivity index (χ0) is 18.4. The molecule has 0 saturated carbocycles. The summed E-state index contributed by atoms with van der Waals surface area (Å²) in [7, 11) is 0. The van der Waals surface area contributed by atoms with Gasteiger partial charge in [0.2, 0.25) is 0 Å². The first-order chi connectivity index (χ1) is 12.0. The molecule has 0 heterocycles. The van der Waals surface area contributed by atoms with Gasteiger partial charge in [0.05, 0.1) is 19.8 Å². The van der Waals surface area contributed by atoms with E-state index in [9.17, 15) is 14.4 Å². The molecule has 0 bridgehead atoms. The van der Waals surface area contributed by atoms with Gasteiger partial charge in [-0.2, -0.15) is 0 Å². The first kappa shape index (κ1) is 18.7. The Morgan fingerprint density at radius 1 is 0.880 bits per heavy atom. The standard InChI is InChI=1S/C19H22O6/c1-4-23-16(20)14-12-19(17(21)24-5-2,18(22)25-6-3)15(14)13-10-8-7-9-11-13/h7-12,15H,4-6H2,1-3H3. The first-order valence-corrected chi connectivity index (χ1v) is 8.32. The van der Waals surface area contributed by atoms with Crippen molar-refractivity contribution >= 4 is 17.9 Å². The minimum atomic E-state index is -1.67. The molecule has 6 nitrogen and oxygen atoms in total. The summed E-state index contributed by atoms with van der Waals surface area (Å²) >= 11 is 0. The largest absolute Gasteiger partial charge is 0.465 e. The number of benzene rings is 1. The summed E-state index contributed by atoms with van der Waals surface area (Å²) in [5, 5.41) is 0. The maximum absolute atomic E-state index is 12.7. The van der Waals surface area contributed by atoms with Gasteiger partial charge in [0, 0.05) is 11.5 Å². The van der Waals surface area contributed by atoms with Crippen LogP contribution in [0.4, 0.5) is 0 Å². The molecule has 0 aromatic heterocycles. The third kappa shape index (κ3) is 3.29. The Morgan fingerprint density at radius 2 is 1.40 bits per heavy atom. The van der Waals surface area contributed by atoms with Crippen LogP contribution in [0.2, 0.25) is 0 Å². The van der Waals surface area contributed by atoms with Crippen molar-refractivity contribution in [1.82, 2.24) is 0 Å². The summed E-state index contributed by atoms with van der Waals surface area (Å²) in [6, 6.07) is 8.87. The quantitative estimate of drug-likeness (QED) is 0.428. The summed E-state index contributed by atoms with van der Waals surface area (Å²) in [4.78, 5) is 37.6. The van der Waals surface area contributed by atoms with E-state index in [-0.39, 0.29) is 25.4 Å². The number of carbonyl (C=O) groups excluding carboxylic acids is 3. The van der Waals surface area contributed by atoms with Crippen LogP contribution in [-0.4, -0.2) is 37.7 Å². The van der Waals surface area contributed by atoms with Crippen LogP contribution in [-0.2, 0) is 28.6 Å². The highest BCUT2D eigenvalue weighted by atomic mass is 16.6. The van der Waals surface area contributed by atoms with Gasteiger partial charge in [-0.25, -0.2) is 4.79 Å². The Morgan fingerprint density at radius 3 is 1.88 bits per heavy atom. The Labute approximate surface area is 146 Å². The van der Waals surface area contributed by atoms with Gasteiger partial charge in [0.1, 0.15) is 0 Å². The van der Waals surface area contributed by atoms with E-state index in [0.717, 1.165) is 0 Å². The number of hydrogen-bond donors (Lipinski definition) is 0. The molecule has 6 heteroatoms. The van der Waals surface area contributed by atoms with Crippen molar-refractivity contribution in [3.8, 4) is 0 Å². The molecule has 1 aliphatic rings. The molecule has 25 heavy (non-hydrogen) atoms. The normalized spacial score (nSPS) is 17.7.